The number of carbonyl (C=O) groups excluding carboxylic acids is 1. The summed E-state index contributed by atoms with van der Waals surface area (Å²) in [5.41, 5.74) is 1.79. The molecule has 1 aromatic carbocycles. The summed E-state index contributed by atoms with van der Waals surface area (Å²) in [6, 6.07) is 2.95. The van der Waals surface area contributed by atoms with Gasteiger partial charge in [-0.25, -0.2) is 9.18 Å². The quantitative estimate of drug-likeness (QED) is 0.834. The first-order valence-corrected chi connectivity index (χ1v) is 6.96. The van der Waals surface area contributed by atoms with Crippen molar-refractivity contribution >= 4 is 23.8 Å². The summed E-state index contributed by atoms with van der Waals surface area (Å²) < 4.78 is 19.1. The number of anilines is 1. The first kappa shape index (κ1) is 14.4. The van der Waals surface area contributed by atoms with E-state index < -0.39 is 11.9 Å². The van der Waals surface area contributed by atoms with Crippen molar-refractivity contribution in [3.63, 3.8) is 0 Å². The van der Waals surface area contributed by atoms with Gasteiger partial charge < -0.3 is 20.1 Å². The van der Waals surface area contributed by atoms with E-state index in [0.29, 0.717) is 24.3 Å². The molecule has 1 fully saturated rings. The molecule has 2 aliphatic heterocycles. The fourth-order valence-corrected chi connectivity index (χ4v) is 2.68. The van der Waals surface area contributed by atoms with Crippen molar-refractivity contribution in [3.8, 4) is 5.75 Å². The highest BCUT2D eigenvalue weighted by Gasteiger charge is 2.21. The molecule has 2 heterocycles. The predicted octanol–water partition coefficient (Wildman–Crippen LogP) is 2.31. The van der Waals surface area contributed by atoms with E-state index in [0.717, 1.165) is 18.4 Å². The van der Waals surface area contributed by atoms with Gasteiger partial charge in [-0.15, -0.1) is 0 Å². The van der Waals surface area contributed by atoms with E-state index >= 15 is 0 Å². The fourth-order valence-electron chi connectivity index (χ4n) is 2.68. The molecule has 2 aliphatic rings. The Morgan fingerprint density at radius 1 is 1.45 bits per heavy atom. The van der Waals surface area contributed by atoms with Crippen molar-refractivity contribution in [3.05, 3.63) is 29.1 Å². The minimum Gasteiger partial charge on any atom is -0.478 e. The van der Waals surface area contributed by atoms with Crippen molar-refractivity contribution in [1.29, 1.82) is 0 Å². The first-order valence-electron chi connectivity index (χ1n) is 6.96. The Morgan fingerprint density at radius 3 is 3.05 bits per heavy atom. The van der Waals surface area contributed by atoms with E-state index in [2.05, 4.69) is 5.32 Å². The second-order valence-electron chi connectivity index (χ2n) is 5.33. The van der Waals surface area contributed by atoms with Crippen molar-refractivity contribution in [2.24, 2.45) is 0 Å². The first-order chi connectivity index (χ1) is 10.5. The number of hydrogen-bond acceptors (Lipinski definition) is 3. The smallest absolute Gasteiger partial charge is 0.407 e. The van der Waals surface area contributed by atoms with Gasteiger partial charge in [0.15, 0.2) is 18.2 Å². The van der Waals surface area contributed by atoms with Crippen LogP contribution in [0.5, 0.6) is 5.75 Å². The molecule has 2 amide bonds. The van der Waals surface area contributed by atoms with Crippen LogP contribution in [0.15, 0.2) is 17.7 Å². The Kier molecular flexibility index (Phi) is 3.70. The van der Waals surface area contributed by atoms with Gasteiger partial charge in [-0.3, -0.25) is 4.79 Å². The number of rotatable bonds is 1. The fraction of sp³-hybridized carbons (Fsp3) is 0.333. The zero-order valence-electron chi connectivity index (χ0n) is 11.8. The van der Waals surface area contributed by atoms with E-state index in [1.807, 2.05) is 0 Å². The zero-order chi connectivity index (χ0) is 15.7. The van der Waals surface area contributed by atoms with E-state index in [1.165, 1.54) is 11.0 Å². The lowest BCUT2D eigenvalue weighted by molar-refractivity contribution is -0.118. The average Bonchev–Trinajstić information content (AvgIpc) is 2.47. The lowest BCUT2D eigenvalue weighted by Gasteiger charge is -2.26. The monoisotopic (exact) mass is 306 g/mol. The van der Waals surface area contributed by atoms with Crippen LogP contribution >= 0.6 is 0 Å². The molecule has 0 saturated carbocycles. The van der Waals surface area contributed by atoms with Gasteiger partial charge in [0, 0.05) is 13.1 Å². The summed E-state index contributed by atoms with van der Waals surface area (Å²) in [6.45, 7) is 0.629. The summed E-state index contributed by atoms with van der Waals surface area (Å²) in [5.74, 6) is -0.834. The Morgan fingerprint density at radius 2 is 2.27 bits per heavy atom. The Bertz CT molecular complexity index is 672. The Balaban J connectivity index is 1.87. The summed E-state index contributed by atoms with van der Waals surface area (Å²) in [7, 11) is 0. The zero-order valence-corrected chi connectivity index (χ0v) is 11.8. The number of ether oxygens (including phenoxy) is 1. The summed E-state index contributed by atoms with van der Waals surface area (Å²) in [4.78, 5) is 23.6. The molecule has 6 nitrogen and oxygen atoms in total. The van der Waals surface area contributed by atoms with Gasteiger partial charge in [0.2, 0.25) is 0 Å². The highest BCUT2D eigenvalue weighted by molar-refractivity contribution is 5.95. The Labute approximate surface area is 126 Å². The third kappa shape index (κ3) is 2.88. The maximum atomic E-state index is 14.0. The van der Waals surface area contributed by atoms with Crippen molar-refractivity contribution in [2.45, 2.75) is 12.8 Å². The van der Waals surface area contributed by atoms with Crippen LogP contribution < -0.4 is 10.1 Å². The molecule has 3 rings (SSSR count). The maximum Gasteiger partial charge on any atom is 0.407 e. The number of likely N-dealkylation sites (tertiary alicyclic amines) is 1. The van der Waals surface area contributed by atoms with Crippen LogP contribution in [0.3, 0.4) is 0 Å². The summed E-state index contributed by atoms with van der Waals surface area (Å²) >= 11 is 0. The van der Waals surface area contributed by atoms with Crippen LogP contribution in [-0.2, 0) is 4.79 Å². The van der Waals surface area contributed by atoms with E-state index in [9.17, 15) is 14.0 Å². The van der Waals surface area contributed by atoms with Gasteiger partial charge in [0.1, 0.15) is 0 Å². The van der Waals surface area contributed by atoms with Gasteiger partial charge in [0.05, 0.1) is 5.69 Å². The molecule has 0 aliphatic carbocycles. The molecule has 2 N–H and O–H groups in total. The van der Waals surface area contributed by atoms with Crippen molar-refractivity contribution in [2.75, 3.05) is 25.0 Å². The van der Waals surface area contributed by atoms with E-state index in [4.69, 9.17) is 9.84 Å². The minimum absolute atomic E-state index is 0.0394. The molecule has 22 heavy (non-hydrogen) atoms. The van der Waals surface area contributed by atoms with Crippen LogP contribution in [0.4, 0.5) is 14.9 Å². The lowest BCUT2D eigenvalue weighted by Crippen LogP contribution is -2.35. The molecule has 0 atom stereocenters. The third-order valence-electron chi connectivity index (χ3n) is 3.65. The number of halogens is 1. The van der Waals surface area contributed by atoms with Gasteiger partial charge in [-0.2, -0.15) is 0 Å². The molecule has 1 saturated heterocycles. The molecule has 0 spiro atoms. The number of nitrogens with one attached hydrogen (secondary N) is 1. The molecular weight excluding hydrogens is 291 g/mol. The number of carboxylic acid groups (broad SMARTS) is 1. The molecule has 0 unspecified atom stereocenters. The minimum atomic E-state index is -0.956. The normalized spacial score (nSPS) is 19.4. The third-order valence-corrected chi connectivity index (χ3v) is 3.65. The van der Waals surface area contributed by atoms with Crippen LogP contribution in [0.25, 0.3) is 6.08 Å². The summed E-state index contributed by atoms with van der Waals surface area (Å²) in [6.07, 6.45) is 2.32. The van der Waals surface area contributed by atoms with Crippen LogP contribution in [0.2, 0.25) is 0 Å². The molecular formula is C15H15FN2O4. The van der Waals surface area contributed by atoms with Gasteiger partial charge in [0.25, 0.3) is 5.91 Å². The largest absolute Gasteiger partial charge is 0.478 e. The summed E-state index contributed by atoms with van der Waals surface area (Å²) in [5, 5.41) is 11.6. The lowest BCUT2D eigenvalue weighted by atomic mass is 10.0. The van der Waals surface area contributed by atoms with Gasteiger partial charge >= 0.3 is 6.09 Å². The maximum absolute atomic E-state index is 14.0. The van der Waals surface area contributed by atoms with Gasteiger partial charge in [-0.05, 0) is 30.5 Å². The SMILES string of the molecule is O=C1COc2c(F)cc(/C=C3/CCCN(C(=O)O)C3)cc2N1. The number of benzene rings is 1. The number of nitrogens with zero attached hydrogens (tertiary/aromatic N) is 1. The standard InChI is InChI=1S/C15H15FN2O4/c16-11-5-10(6-12-14(11)22-8-13(19)17-12)4-9-2-1-3-18(7-9)15(20)21/h4-6H,1-3,7-8H2,(H,17,19)(H,20,21)/b9-4-. The number of fused-ring (bicyclic) bond motifs is 1. The number of carbonyl (C=O) groups is 2. The van der Waals surface area contributed by atoms with E-state index in [1.54, 1.807) is 12.1 Å². The molecule has 1 aromatic rings. The second kappa shape index (κ2) is 5.67. The number of amides is 2. The highest BCUT2D eigenvalue weighted by Crippen LogP contribution is 2.33. The number of piperidine rings is 1. The van der Waals surface area contributed by atoms with Crippen LogP contribution in [0.1, 0.15) is 18.4 Å². The van der Waals surface area contributed by atoms with Crippen molar-refractivity contribution < 1.29 is 23.8 Å². The van der Waals surface area contributed by atoms with Crippen LogP contribution in [-0.4, -0.2) is 41.7 Å². The van der Waals surface area contributed by atoms with Gasteiger partial charge in [-0.1, -0.05) is 11.6 Å². The molecule has 116 valence electrons. The Hall–Kier alpha value is -2.57. The van der Waals surface area contributed by atoms with Crippen LogP contribution in [0, 0.1) is 5.82 Å². The second-order valence-corrected chi connectivity index (χ2v) is 5.33. The average molecular weight is 306 g/mol. The topological polar surface area (TPSA) is 78.9 Å². The number of hydrogen-bond donors (Lipinski definition) is 2. The van der Waals surface area contributed by atoms with Crippen molar-refractivity contribution in [1.82, 2.24) is 4.90 Å². The highest BCUT2D eigenvalue weighted by atomic mass is 19.1. The molecule has 0 bridgehead atoms. The predicted molar refractivity (Wildman–Crippen MR) is 77.3 cm³/mol. The van der Waals surface area contributed by atoms with E-state index in [-0.39, 0.29) is 18.3 Å². The molecule has 7 heteroatoms. The molecule has 0 radical (unpaired) electrons. The molecule has 0 aromatic heterocycles.